The first-order valence-electron chi connectivity index (χ1n) is 20.5. The minimum Gasteiger partial charge on any atom is -0.395 e. The van der Waals surface area contributed by atoms with Crippen LogP contribution < -0.4 is 0 Å². The third-order valence-electron chi connectivity index (χ3n) is 8.90. The van der Waals surface area contributed by atoms with Gasteiger partial charge in [-0.2, -0.15) is 0 Å². The topological polar surface area (TPSA) is 97.7 Å². The summed E-state index contributed by atoms with van der Waals surface area (Å²) in [5.41, 5.74) is 0. The lowest BCUT2D eigenvalue weighted by molar-refractivity contribution is -0.198. The summed E-state index contributed by atoms with van der Waals surface area (Å²) in [7, 11) is 0. The van der Waals surface area contributed by atoms with Gasteiger partial charge in [0.25, 0.3) is 0 Å². The molecule has 0 saturated carbocycles. The fourth-order valence-electron chi connectivity index (χ4n) is 5.82. The summed E-state index contributed by atoms with van der Waals surface area (Å²) in [6.07, 6.45) is 24.6. The number of Topliss-reactive ketones (excluding diaryl/α,β-unsaturated/α-hetero) is 1. The second kappa shape index (κ2) is 37.6. The second-order valence-corrected chi connectivity index (χ2v) is 13.7. The zero-order valence-electron chi connectivity index (χ0n) is 32.2. The molecule has 0 bridgehead atoms. The van der Waals surface area contributed by atoms with Crippen LogP contribution >= 0.6 is 0 Å². The molecule has 0 aromatic heterocycles. The Morgan fingerprint density at radius 2 is 0.938 bits per heavy atom. The number of ether oxygens (including phenoxy) is 4. The van der Waals surface area contributed by atoms with E-state index in [1.807, 2.05) is 4.90 Å². The molecule has 0 aliphatic carbocycles. The van der Waals surface area contributed by atoms with E-state index < -0.39 is 12.4 Å². The van der Waals surface area contributed by atoms with E-state index in [-0.39, 0.29) is 31.8 Å². The van der Waals surface area contributed by atoms with Crippen molar-refractivity contribution in [3.63, 3.8) is 0 Å². The molecule has 8 nitrogen and oxygen atoms in total. The van der Waals surface area contributed by atoms with Crippen molar-refractivity contribution in [3.8, 4) is 0 Å². The van der Waals surface area contributed by atoms with Crippen molar-refractivity contribution in [2.24, 2.45) is 0 Å². The molecule has 0 heterocycles. The van der Waals surface area contributed by atoms with Gasteiger partial charge in [0, 0.05) is 52.4 Å². The highest BCUT2D eigenvalue weighted by Crippen LogP contribution is 2.14. The standard InChI is InChI=1S/C40H81NO7/c1-5-9-13-17-21-23-31-45-39(46-32-24-22-18-14-10-6-2)28-27-37(43)35-41(29-30-42)36-38(44)40(47-33-25-19-15-11-7-3)48-34-26-20-16-12-8-4/h38-40,42,44H,5-36H2,1-4H3/t38-/m1/s1. The molecular formula is C40H81NO7. The summed E-state index contributed by atoms with van der Waals surface area (Å²) in [6.45, 7) is 11.8. The van der Waals surface area contributed by atoms with Gasteiger partial charge in [0.1, 0.15) is 11.9 Å². The summed E-state index contributed by atoms with van der Waals surface area (Å²) in [6, 6.07) is 0. The monoisotopic (exact) mass is 688 g/mol. The largest absolute Gasteiger partial charge is 0.395 e. The van der Waals surface area contributed by atoms with Gasteiger partial charge < -0.3 is 29.2 Å². The Morgan fingerprint density at radius 1 is 0.562 bits per heavy atom. The first kappa shape index (κ1) is 47.4. The van der Waals surface area contributed by atoms with E-state index in [9.17, 15) is 15.0 Å². The number of aliphatic hydroxyl groups excluding tert-OH is 2. The Labute approximate surface area is 297 Å². The molecule has 1 atom stereocenters. The lowest BCUT2D eigenvalue weighted by atomic mass is 10.1. The molecule has 0 amide bonds. The number of rotatable bonds is 40. The quantitative estimate of drug-likeness (QED) is 0.0486. The van der Waals surface area contributed by atoms with Crippen LogP contribution in [0.2, 0.25) is 0 Å². The van der Waals surface area contributed by atoms with E-state index in [1.165, 1.54) is 89.9 Å². The molecule has 0 aromatic carbocycles. The van der Waals surface area contributed by atoms with Crippen molar-refractivity contribution in [3.05, 3.63) is 0 Å². The summed E-state index contributed by atoms with van der Waals surface area (Å²) < 4.78 is 24.3. The molecule has 0 saturated heterocycles. The first-order valence-corrected chi connectivity index (χ1v) is 20.5. The van der Waals surface area contributed by atoms with Crippen molar-refractivity contribution in [1.29, 1.82) is 0 Å². The predicted octanol–water partition coefficient (Wildman–Crippen LogP) is 9.37. The van der Waals surface area contributed by atoms with Crippen LogP contribution in [0.1, 0.15) is 182 Å². The SMILES string of the molecule is CCCCCCCCOC(CCC(=O)CN(CCO)C[C@@H](O)C(OCCCCCCC)OCCCCCCC)OCCCCCCCC. The Balaban J connectivity index is 4.94. The lowest BCUT2D eigenvalue weighted by Crippen LogP contribution is -2.44. The van der Waals surface area contributed by atoms with Gasteiger partial charge in [-0.05, 0) is 25.7 Å². The molecule has 0 aliphatic heterocycles. The van der Waals surface area contributed by atoms with Crippen molar-refractivity contribution in [2.45, 2.75) is 200 Å². The van der Waals surface area contributed by atoms with Gasteiger partial charge in [-0.1, -0.05) is 143 Å². The molecule has 0 rings (SSSR count). The highest BCUT2D eigenvalue weighted by Gasteiger charge is 2.25. The normalized spacial score (nSPS) is 12.6. The van der Waals surface area contributed by atoms with Crippen molar-refractivity contribution < 1.29 is 34.0 Å². The number of carbonyl (C=O) groups excluding carboxylic acids is 1. The fraction of sp³-hybridized carbons (Fsp3) is 0.975. The molecule has 0 radical (unpaired) electrons. The molecule has 288 valence electrons. The summed E-state index contributed by atoms with van der Waals surface area (Å²) in [5.74, 6) is 0.0530. The zero-order chi connectivity index (χ0) is 35.3. The van der Waals surface area contributed by atoms with Crippen LogP contribution in [-0.2, 0) is 23.7 Å². The lowest BCUT2D eigenvalue weighted by Gasteiger charge is -2.29. The highest BCUT2D eigenvalue weighted by molar-refractivity contribution is 5.80. The van der Waals surface area contributed by atoms with Crippen LogP contribution in [0.25, 0.3) is 0 Å². The number of hydrogen-bond acceptors (Lipinski definition) is 8. The third-order valence-corrected chi connectivity index (χ3v) is 8.90. The van der Waals surface area contributed by atoms with Crippen molar-refractivity contribution in [1.82, 2.24) is 4.90 Å². The predicted molar refractivity (Wildman–Crippen MR) is 199 cm³/mol. The average molecular weight is 688 g/mol. The van der Waals surface area contributed by atoms with Crippen LogP contribution in [0.3, 0.4) is 0 Å². The Morgan fingerprint density at radius 3 is 1.33 bits per heavy atom. The van der Waals surface area contributed by atoms with Crippen LogP contribution in [0.5, 0.6) is 0 Å². The Kier molecular flexibility index (Phi) is 37.2. The maximum Gasteiger partial charge on any atom is 0.184 e. The van der Waals surface area contributed by atoms with Crippen LogP contribution in [0, 0.1) is 0 Å². The fourth-order valence-corrected chi connectivity index (χ4v) is 5.82. The molecule has 0 aromatic rings. The minimum atomic E-state index is -0.912. The van der Waals surface area contributed by atoms with Crippen LogP contribution in [-0.4, -0.2) is 92.2 Å². The smallest absolute Gasteiger partial charge is 0.184 e. The molecule has 48 heavy (non-hydrogen) atoms. The molecular weight excluding hydrogens is 606 g/mol. The van der Waals surface area contributed by atoms with Gasteiger partial charge in [-0.15, -0.1) is 0 Å². The molecule has 2 N–H and O–H groups in total. The highest BCUT2D eigenvalue weighted by atomic mass is 16.7. The number of nitrogens with zero attached hydrogens (tertiary/aromatic N) is 1. The summed E-state index contributed by atoms with van der Waals surface area (Å²) in [5, 5.41) is 20.9. The van der Waals surface area contributed by atoms with E-state index in [1.54, 1.807) is 0 Å². The van der Waals surface area contributed by atoms with Crippen molar-refractivity contribution >= 4 is 5.78 Å². The van der Waals surface area contributed by atoms with Gasteiger partial charge in [0.2, 0.25) is 0 Å². The maximum absolute atomic E-state index is 13.2. The van der Waals surface area contributed by atoms with Crippen LogP contribution in [0.15, 0.2) is 0 Å². The van der Waals surface area contributed by atoms with Gasteiger partial charge in [-0.25, -0.2) is 0 Å². The Bertz CT molecular complexity index is 619. The zero-order valence-corrected chi connectivity index (χ0v) is 32.2. The van der Waals surface area contributed by atoms with E-state index in [0.717, 1.165) is 51.4 Å². The van der Waals surface area contributed by atoms with Crippen molar-refractivity contribution in [2.75, 3.05) is 52.7 Å². The second-order valence-electron chi connectivity index (χ2n) is 13.7. The molecule has 0 aliphatic rings. The number of unbranched alkanes of at least 4 members (excludes halogenated alkanes) is 18. The minimum absolute atomic E-state index is 0.0530. The van der Waals surface area contributed by atoms with E-state index in [2.05, 4.69) is 27.7 Å². The number of carbonyl (C=O) groups is 1. The molecule has 0 spiro atoms. The molecule has 8 heteroatoms. The van der Waals surface area contributed by atoms with Gasteiger partial charge in [-0.3, -0.25) is 9.69 Å². The summed E-state index contributed by atoms with van der Waals surface area (Å²) in [4.78, 5) is 15.0. The third kappa shape index (κ3) is 31.4. The average Bonchev–Trinajstić information content (AvgIpc) is 3.08. The van der Waals surface area contributed by atoms with E-state index in [4.69, 9.17) is 18.9 Å². The van der Waals surface area contributed by atoms with Crippen LogP contribution in [0.4, 0.5) is 0 Å². The number of ketones is 1. The molecule has 0 unspecified atom stereocenters. The first-order chi connectivity index (χ1) is 23.5. The maximum atomic E-state index is 13.2. The van der Waals surface area contributed by atoms with E-state index in [0.29, 0.717) is 45.8 Å². The summed E-state index contributed by atoms with van der Waals surface area (Å²) >= 11 is 0. The Hall–Kier alpha value is -0.610. The number of hydrogen-bond donors (Lipinski definition) is 2. The van der Waals surface area contributed by atoms with Gasteiger partial charge in [0.15, 0.2) is 12.6 Å². The van der Waals surface area contributed by atoms with Gasteiger partial charge in [0.05, 0.1) is 13.2 Å². The molecule has 0 fully saturated rings. The number of aliphatic hydroxyl groups is 2. The van der Waals surface area contributed by atoms with Gasteiger partial charge >= 0.3 is 0 Å². The van der Waals surface area contributed by atoms with E-state index >= 15 is 0 Å².